The van der Waals surface area contributed by atoms with Gasteiger partial charge < -0.3 is 15.0 Å². The highest BCUT2D eigenvalue weighted by molar-refractivity contribution is 6.09. The molecule has 1 heterocycles. The van der Waals surface area contributed by atoms with E-state index in [1.165, 1.54) is 17.5 Å². The highest BCUT2D eigenvalue weighted by atomic mass is 16.5. The Kier molecular flexibility index (Phi) is 4.84. The largest absolute Gasteiger partial charge is 0.489 e. The fourth-order valence-electron chi connectivity index (χ4n) is 2.82. The molecular formula is C18H24N2O. The molecule has 1 aromatic rings. The number of anilines is 1. The van der Waals surface area contributed by atoms with E-state index in [4.69, 9.17) is 10.1 Å². The minimum Gasteiger partial charge on any atom is -0.489 e. The molecule has 1 aromatic carbocycles. The van der Waals surface area contributed by atoms with Crippen LogP contribution in [0.4, 0.5) is 5.69 Å². The predicted molar refractivity (Wildman–Crippen MR) is 90.8 cm³/mol. The van der Waals surface area contributed by atoms with E-state index < -0.39 is 0 Å². The Hall–Kier alpha value is -2.03. The smallest absolute Gasteiger partial charge is 0.132 e. The molecule has 0 saturated heterocycles. The number of ether oxygens (including phenoxy) is 1. The molecule has 1 aliphatic rings. The molecule has 0 aliphatic carbocycles. The number of allylic oxidation sites excluding steroid dienone is 2. The number of nitrogens with one attached hydrogen (secondary N) is 1. The van der Waals surface area contributed by atoms with E-state index >= 15 is 0 Å². The van der Waals surface area contributed by atoms with Crippen LogP contribution in [0.5, 0.6) is 5.75 Å². The van der Waals surface area contributed by atoms with Gasteiger partial charge >= 0.3 is 0 Å². The number of benzene rings is 1. The lowest BCUT2D eigenvalue weighted by atomic mass is 9.92. The number of nitrogens with zero attached hydrogens (tertiary/aromatic N) is 1. The zero-order valence-corrected chi connectivity index (χ0v) is 13.1. The van der Waals surface area contributed by atoms with Crippen molar-refractivity contribution in [1.82, 2.24) is 0 Å². The van der Waals surface area contributed by atoms with E-state index in [9.17, 15) is 0 Å². The van der Waals surface area contributed by atoms with Gasteiger partial charge in [0.25, 0.3) is 0 Å². The summed E-state index contributed by atoms with van der Waals surface area (Å²) in [6.07, 6.45) is 7.23. The third kappa shape index (κ3) is 2.87. The summed E-state index contributed by atoms with van der Waals surface area (Å²) in [7, 11) is 2.13. The molecule has 1 N–H and O–H groups in total. The standard InChI is InChI=1S/C18H24N2O/c1-5-11-21-18-15(14(6-2)12-19)9-10-17-16(18)8-7-13(3)20(17)4/h5-6,9-10,12-13,19H,1,7-8,11H2,2-4H3/b14-6+,19-12?. The molecule has 1 aliphatic heterocycles. The molecule has 21 heavy (non-hydrogen) atoms. The normalized spacial score (nSPS) is 18.1. The third-order valence-electron chi connectivity index (χ3n) is 4.21. The summed E-state index contributed by atoms with van der Waals surface area (Å²) in [5.74, 6) is 0.905. The quantitative estimate of drug-likeness (QED) is 0.653. The van der Waals surface area contributed by atoms with Crippen LogP contribution in [0.3, 0.4) is 0 Å². The van der Waals surface area contributed by atoms with E-state index in [-0.39, 0.29) is 0 Å². The predicted octanol–water partition coefficient (Wildman–Crippen LogP) is 4.08. The van der Waals surface area contributed by atoms with Crippen LogP contribution in [0.15, 0.2) is 30.9 Å². The Morgan fingerprint density at radius 3 is 2.90 bits per heavy atom. The van der Waals surface area contributed by atoms with Gasteiger partial charge in [-0.1, -0.05) is 18.7 Å². The molecule has 112 valence electrons. The second-order valence-corrected chi connectivity index (χ2v) is 5.43. The van der Waals surface area contributed by atoms with Gasteiger partial charge in [-0.15, -0.1) is 0 Å². The van der Waals surface area contributed by atoms with Crippen molar-refractivity contribution in [3.8, 4) is 5.75 Å². The number of rotatable bonds is 5. The average Bonchev–Trinajstić information content (AvgIpc) is 2.50. The lowest BCUT2D eigenvalue weighted by Gasteiger charge is -2.35. The van der Waals surface area contributed by atoms with Gasteiger partial charge in [-0.2, -0.15) is 0 Å². The molecule has 2 rings (SSSR count). The van der Waals surface area contributed by atoms with Gasteiger partial charge in [0.1, 0.15) is 12.4 Å². The molecule has 0 spiro atoms. The first-order chi connectivity index (χ1) is 10.1. The first kappa shape index (κ1) is 15.4. The Morgan fingerprint density at radius 2 is 2.29 bits per heavy atom. The first-order valence-corrected chi connectivity index (χ1v) is 7.43. The lowest BCUT2D eigenvalue weighted by molar-refractivity contribution is 0.356. The van der Waals surface area contributed by atoms with E-state index in [0.717, 1.165) is 29.7 Å². The second kappa shape index (κ2) is 6.61. The molecule has 0 amide bonds. The van der Waals surface area contributed by atoms with Crippen LogP contribution >= 0.6 is 0 Å². The van der Waals surface area contributed by atoms with Gasteiger partial charge in [-0.25, -0.2) is 0 Å². The maximum Gasteiger partial charge on any atom is 0.132 e. The summed E-state index contributed by atoms with van der Waals surface area (Å²) in [4.78, 5) is 2.31. The Morgan fingerprint density at radius 1 is 1.52 bits per heavy atom. The average molecular weight is 284 g/mol. The van der Waals surface area contributed by atoms with E-state index in [2.05, 4.69) is 37.6 Å². The van der Waals surface area contributed by atoms with Crippen LogP contribution in [0.2, 0.25) is 0 Å². The van der Waals surface area contributed by atoms with Crippen molar-refractivity contribution in [2.45, 2.75) is 32.7 Å². The fraction of sp³-hybridized carbons (Fsp3) is 0.389. The van der Waals surface area contributed by atoms with Crippen molar-refractivity contribution >= 4 is 17.5 Å². The zero-order valence-electron chi connectivity index (χ0n) is 13.1. The minimum absolute atomic E-state index is 0.484. The summed E-state index contributed by atoms with van der Waals surface area (Å²) < 4.78 is 5.96. The van der Waals surface area contributed by atoms with Gasteiger partial charge in [0.2, 0.25) is 0 Å². The maximum absolute atomic E-state index is 7.60. The molecule has 3 heteroatoms. The van der Waals surface area contributed by atoms with Crippen LogP contribution in [-0.2, 0) is 6.42 Å². The first-order valence-electron chi connectivity index (χ1n) is 7.43. The minimum atomic E-state index is 0.484. The van der Waals surface area contributed by atoms with Crippen LogP contribution in [-0.4, -0.2) is 25.9 Å². The van der Waals surface area contributed by atoms with Crippen LogP contribution in [0, 0.1) is 5.41 Å². The van der Waals surface area contributed by atoms with E-state index in [1.807, 2.05) is 13.0 Å². The molecule has 0 aromatic heterocycles. The number of hydrogen-bond donors (Lipinski definition) is 1. The van der Waals surface area contributed by atoms with Gasteiger partial charge in [0.15, 0.2) is 0 Å². The summed E-state index contributed by atoms with van der Waals surface area (Å²) in [6, 6.07) is 4.75. The van der Waals surface area contributed by atoms with Gasteiger partial charge in [0, 0.05) is 36.1 Å². The van der Waals surface area contributed by atoms with Crippen molar-refractivity contribution < 1.29 is 4.74 Å². The van der Waals surface area contributed by atoms with Crippen molar-refractivity contribution in [2.75, 3.05) is 18.6 Å². The van der Waals surface area contributed by atoms with Gasteiger partial charge in [0.05, 0.1) is 0 Å². The SMILES string of the molecule is C=CCOc1c(/C(C=N)=C/C)ccc2c1CCC(C)N2C. The molecule has 0 bridgehead atoms. The zero-order chi connectivity index (χ0) is 15.4. The number of hydrogen-bond acceptors (Lipinski definition) is 3. The maximum atomic E-state index is 7.60. The van der Waals surface area contributed by atoms with Gasteiger partial charge in [-0.3, -0.25) is 0 Å². The molecule has 0 radical (unpaired) electrons. The molecule has 0 saturated carbocycles. The lowest BCUT2D eigenvalue weighted by Crippen LogP contribution is -2.33. The van der Waals surface area contributed by atoms with Crippen molar-refractivity contribution in [1.29, 1.82) is 5.41 Å². The highest BCUT2D eigenvalue weighted by Gasteiger charge is 2.25. The topological polar surface area (TPSA) is 36.3 Å². The monoisotopic (exact) mass is 284 g/mol. The third-order valence-corrected chi connectivity index (χ3v) is 4.21. The number of fused-ring (bicyclic) bond motifs is 1. The van der Waals surface area contributed by atoms with Crippen molar-refractivity contribution in [2.24, 2.45) is 0 Å². The van der Waals surface area contributed by atoms with E-state index in [0.29, 0.717) is 12.6 Å². The summed E-state index contributed by atoms with van der Waals surface area (Å²) >= 11 is 0. The highest BCUT2D eigenvalue weighted by Crippen LogP contribution is 2.40. The summed E-state index contributed by atoms with van der Waals surface area (Å²) in [5, 5.41) is 7.60. The fourth-order valence-corrected chi connectivity index (χ4v) is 2.82. The van der Waals surface area contributed by atoms with Crippen LogP contribution in [0.1, 0.15) is 31.4 Å². The molecule has 3 nitrogen and oxygen atoms in total. The Bertz CT molecular complexity index is 575. The second-order valence-electron chi connectivity index (χ2n) is 5.43. The van der Waals surface area contributed by atoms with E-state index in [1.54, 1.807) is 6.08 Å². The van der Waals surface area contributed by atoms with Crippen molar-refractivity contribution in [3.05, 3.63) is 42.0 Å². The summed E-state index contributed by atoms with van der Waals surface area (Å²) in [6.45, 7) is 8.41. The van der Waals surface area contributed by atoms with Crippen molar-refractivity contribution in [3.63, 3.8) is 0 Å². The molecule has 1 unspecified atom stereocenters. The van der Waals surface area contributed by atoms with Gasteiger partial charge in [-0.05, 0) is 44.4 Å². The van der Waals surface area contributed by atoms with Crippen LogP contribution in [0.25, 0.3) is 5.57 Å². The summed E-state index contributed by atoms with van der Waals surface area (Å²) in [5.41, 5.74) is 4.36. The van der Waals surface area contributed by atoms with Crippen LogP contribution < -0.4 is 9.64 Å². The Balaban J connectivity index is 2.58. The molecule has 0 fully saturated rings. The molecule has 1 atom stereocenters. The Labute approximate surface area is 127 Å². The molecular weight excluding hydrogens is 260 g/mol.